The van der Waals surface area contributed by atoms with Gasteiger partial charge in [0.1, 0.15) is 0 Å². The largest absolute Gasteiger partial charge is 0.350 e. The minimum Gasteiger partial charge on any atom is -0.350 e. The van der Waals surface area contributed by atoms with Crippen LogP contribution < -0.4 is 5.32 Å². The van der Waals surface area contributed by atoms with Gasteiger partial charge in [0.05, 0.1) is 22.3 Å². The van der Waals surface area contributed by atoms with Crippen LogP contribution >= 0.6 is 0 Å². The van der Waals surface area contributed by atoms with Crippen LogP contribution in [0, 0.1) is 13.8 Å². The Kier molecular flexibility index (Phi) is 4.83. The molecule has 0 aliphatic carbocycles. The van der Waals surface area contributed by atoms with Crippen LogP contribution in [-0.2, 0) is 0 Å². The number of benzene rings is 1. The Morgan fingerprint density at radius 2 is 1.96 bits per heavy atom. The van der Waals surface area contributed by atoms with Crippen LogP contribution in [0.1, 0.15) is 48.3 Å². The number of rotatable bonds is 5. The van der Waals surface area contributed by atoms with E-state index in [0.717, 1.165) is 18.4 Å². The van der Waals surface area contributed by atoms with Crippen molar-refractivity contribution in [3.8, 4) is 11.3 Å². The highest BCUT2D eigenvalue weighted by atomic mass is 16.5. The molecule has 0 fully saturated rings. The fraction of sp³-hybridized carbons (Fsp3) is 0.350. The first-order valence-corrected chi connectivity index (χ1v) is 8.64. The van der Waals surface area contributed by atoms with Crippen LogP contribution in [0.2, 0.25) is 0 Å². The summed E-state index contributed by atoms with van der Waals surface area (Å²) in [6.07, 6.45) is 1.96. The molecule has 0 bridgehead atoms. The minimum absolute atomic E-state index is 0.115. The summed E-state index contributed by atoms with van der Waals surface area (Å²) in [4.78, 5) is 17.4. The van der Waals surface area contributed by atoms with Crippen molar-refractivity contribution in [3.05, 3.63) is 47.2 Å². The molecule has 0 saturated carbocycles. The molecule has 5 heteroatoms. The van der Waals surface area contributed by atoms with Crippen LogP contribution in [0.3, 0.4) is 0 Å². The van der Waals surface area contributed by atoms with E-state index in [2.05, 4.69) is 22.4 Å². The summed E-state index contributed by atoms with van der Waals surface area (Å²) in [6.45, 7) is 7.98. The molecule has 0 radical (unpaired) electrons. The van der Waals surface area contributed by atoms with Gasteiger partial charge in [-0.3, -0.25) is 4.79 Å². The predicted molar refractivity (Wildman–Crippen MR) is 98.6 cm³/mol. The Hall–Kier alpha value is -2.69. The lowest BCUT2D eigenvalue weighted by molar-refractivity contribution is 0.0940. The quantitative estimate of drug-likeness (QED) is 0.748. The van der Waals surface area contributed by atoms with E-state index in [0.29, 0.717) is 28.1 Å². The lowest BCUT2D eigenvalue weighted by Crippen LogP contribution is -2.32. The number of fused-ring (bicyclic) bond motifs is 1. The third-order valence-electron chi connectivity index (χ3n) is 4.31. The summed E-state index contributed by atoms with van der Waals surface area (Å²) in [7, 11) is 0. The molecule has 1 unspecified atom stereocenters. The molecular formula is C20H23N3O2. The molecule has 3 aromatic rings. The first-order valence-electron chi connectivity index (χ1n) is 8.64. The Balaban J connectivity index is 2.07. The molecule has 1 amide bonds. The van der Waals surface area contributed by atoms with Crippen molar-refractivity contribution in [2.24, 2.45) is 0 Å². The number of aryl methyl sites for hydroxylation is 2. The number of carbonyl (C=O) groups excluding carboxylic acids is 1. The van der Waals surface area contributed by atoms with Crippen LogP contribution in [0.4, 0.5) is 0 Å². The maximum Gasteiger partial charge on any atom is 0.259 e. The second-order valence-corrected chi connectivity index (χ2v) is 6.53. The van der Waals surface area contributed by atoms with Crippen molar-refractivity contribution in [1.82, 2.24) is 15.5 Å². The van der Waals surface area contributed by atoms with E-state index < -0.39 is 0 Å². The van der Waals surface area contributed by atoms with Crippen LogP contribution in [-0.4, -0.2) is 22.1 Å². The third kappa shape index (κ3) is 3.55. The van der Waals surface area contributed by atoms with Gasteiger partial charge in [-0.2, -0.15) is 0 Å². The SMILES string of the molecule is CCCC(C)NC(=O)c1cc(-c2ccc(C)cc2)nc2onc(C)c12. The number of nitrogens with zero attached hydrogens (tertiary/aromatic N) is 2. The zero-order valence-electron chi connectivity index (χ0n) is 15.1. The lowest BCUT2D eigenvalue weighted by atomic mass is 10.0. The standard InChI is InChI=1S/C20H23N3O2/c1-5-6-13(3)21-19(24)16-11-17(15-9-7-12(2)8-10-15)22-20-18(16)14(4)23-25-20/h7-11,13H,5-6H2,1-4H3,(H,21,24). The Morgan fingerprint density at radius 3 is 2.64 bits per heavy atom. The molecule has 0 spiro atoms. The number of hydrogen-bond acceptors (Lipinski definition) is 4. The van der Waals surface area contributed by atoms with Gasteiger partial charge >= 0.3 is 0 Å². The molecule has 1 atom stereocenters. The van der Waals surface area contributed by atoms with E-state index in [1.807, 2.05) is 51.1 Å². The average Bonchev–Trinajstić information content (AvgIpc) is 2.96. The molecule has 25 heavy (non-hydrogen) atoms. The van der Waals surface area contributed by atoms with Gasteiger partial charge in [0.15, 0.2) is 0 Å². The number of aromatic nitrogens is 2. The zero-order chi connectivity index (χ0) is 18.0. The normalized spacial score (nSPS) is 12.3. The second-order valence-electron chi connectivity index (χ2n) is 6.53. The number of nitrogens with one attached hydrogen (secondary N) is 1. The topological polar surface area (TPSA) is 68.0 Å². The van der Waals surface area contributed by atoms with Crippen molar-refractivity contribution in [3.63, 3.8) is 0 Å². The van der Waals surface area contributed by atoms with E-state index in [4.69, 9.17) is 4.52 Å². The number of pyridine rings is 1. The highest BCUT2D eigenvalue weighted by molar-refractivity contribution is 6.07. The van der Waals surface area contributed by atoms with Crippen molar-refractivity contribution >= 4 is 17.0 Å². The highest BCUT2D eigenvalue weighted by Crippen LogP contribution is 2.27. The van der Waals surface area contributed by atoms with Crippen molar-refractivity contribution in [2.75, 3.05) is 0 Å². The van der Waals surface area contributed by atoms with Gasteiger partial charge in [-0.05, 0) is 33.3 Å². The Morgan fingerprint density at radius 1 is 1.24 bits per heavy atom. The van der Waals surface area contributed by atoms with E-state index in [1.54, 1.807) is 0 Å². The molecule has 1 N–H and O–H groups in total. The molecular weight excluding hydrogens is 314 g/mol. The van der Waals surface area contributed by atoms with Crippen LogP contribution in [0.25, 0.3) is 22.4 Å². The fourth-order valence-electron chi connectivity index (χ4n) is 2.95. The van der Waals surface area contributed by atoms with Crippen LogP contribution in [0.15, 0.2) is 34.9 Å². The number of amides is 1. The van der Waals surface area contributed by atoms with E-state index >= 15 is 0 Å². The Labute approximate surface area is 147 Å². The summed E-state index contributed by atoms with van der Waals surface area (Å²) in [5.74, 6) is -0.118. The highest BCUT2D eigenvalue weighted by Gasteiger charge is 2.20. The van der Waals surface area contributed by atoms with Crippen molar-refractivity contribution in [1.29, 1.82) is 0 Å². The summed E-state index contributed by atoms with van der Waals surface area (Å²) >= 11 is 0. The predicted octanol–water partition coefficient (Wildman–Crippen LogP) is 4.43. The smallest absolute Gasteiger partial charge is 0.259 e. The lowest BCUT2D eigenvalue weighted by Gasteiger charge is -2.14. The molecule has 0 saturated heterocycles. The monoisotopic (exact) mass is 337 g/mol. The molecule has 2 aromatic heterocycles. The molecule has 2 heterocycles. The van der Waals surface area contributed by atoms with E-state index in [1.165, 1.54) is 5.56 Å². The third-order valence-corrected chi connectivity index (χ3v) is 4.31. The molecule has 1 aromatic carbocycles. The summed E-state index contributed by atoms with van der Waals surface area (Å²) in [5, 5.41) is 7.72. The molecule has 3 rings (SSSR count). The van der Waals surface area contributed by atoms with Crippen LogP contribution in [0.5, 0.6) is 0 Å². The molecule has 0 aliphatic rings. The van der Waals surface area contributed by atoms with E-state index in [-0.39, 0.29) is 11.9 Å². The summed E-state index contributed by atoms with van der Waals surface area (Å²) < 4.78 is 5.34. The van der Waals surface area contributed by atoms with Gasteiger partial charge in [-0.25, -0.2) is 4.98 Å². The number of carbonyl (C=O) groups is 1. The second kappa shape index (κ2) is 7.05. The first kappa shape index (κ1) is 17.1. The van der Waals surface area contributed by atoms with Gasteiger partial charge in [0, 0.05) is 11.6 Å². The fourth-order valence-corrected chi connectivity index (χ4v) is 2.95. The van der Waals surface area contributed by atoms with Gasteiger partial charge in [-0.15, -0.1) is 0 Å². The zero-order valence-corrected chi connectivity index (χ0v) is 15.1. The molecule has 130 valence electrons. The maximum absolute atomic E-state index is 12.8. The molecule has 0 aliphatic heterocycles. The summed E-state index contributed by atoms with van der Waals surface area (Å²) in [5.41, 5.74) is 4.44. The van der Waals surface area contributed by atoms with Crippen molar-refractivity contribution in [2.45, 2.75) is 46.6 Å². The van der Waals surface area contributed by atoms with Gasteiger partial charge in [0.2, 0.25) is 0 Å². The van der Waals surface area contributed by atoms with Gasteiger partial charge < -0.3 is 9.84 Å². The first-order chi connectivity index (χ1) is 12.0. The molecule has 5 nitrogen and oxygen atoms in total. The summed E-state index contributed by atoms with van der Waals surface area (Å²) in [6, 6.07) is 9.97. The van der Waals surface area contributed by atoms with Gasteiger partial charge in [0.25, 0.3) is 11.6 Å². The minimum atomic E-state index is -0.118. The Bertz CT molecular complexity index is 897. The van der Waals surface area contributed by atoms with E-state index in [9.17, 15) is 4.79 Å². The maximum atomic E-state index is 12.8. The van der Waals surface area contributed by atoms with Gasteiger partial charge in [-0.1, -0.05) is 48.3 Å². The average molecular weight is 337 g/mol. The number of hydrogen-bond donors (Lipinski definition) is 1. The van der Waals surface area contributed by atoms with Crippen molar-refractivity contribution < 1.29 is 9.32 Å².